The number of rotatable bonds is 7. The zero-order chi connectivity index (χ0) is 18.6. The van der Waals surface area contributed by atoms with Crippen LogP contribution in [0.2, 0.25) is 0 Å². The van der Waals surface area contributed by atoms with Gasteiger partial charge in [-0.3, -0.25) is 4.79 Å². The van der Waals surface area contributed by atoms with E-state index in [2.05, 4.69) is 4.98 Å². The summed E-state index contributed by atoms with van der Waals surface area (Å²) < 4.78 is 16.5. The van der Waals surface area contributed by atoms with Crippen molar-refractivity contribution in [1.82, 2.24) is 9.88 Å². The van der Waals surface area contributed by atoms with Crippen LogP contribution in [0.15, 0.2) is 67.6 Å². The largest absolute Gasteiger partial charge is 0.467 e. The number of amides is 1. The Kier molecular flexibility index (Phi) is 4.93. The molecular weight excluding hydrogens is 364 g/mol. The first-order valence-electron chi connectivity index (χ1n) is 8.52. The SMILES string of the molecule is Cc1oc(-c2cccs2)nc1CC(=O)N(Cc1ccco1)Cc1ccco1. The molecule has 0 aliphatic heterocycles. The van der Waals surface area contributed by atoms with Crippen LogP contribution < -0.4 is 0 Å². The second kappa shape index (κ2) is 7.67. The molecule has 27 heavy (non-hydrogen) atoms. The molecule has 0 aliphatic carbocycles. The molecule has 0 unspecified atom stereocenters. The van der Waals surface area contributed by atoms with Gasteiger partial charge in [-0.2, -0.15) is 0 Å². The van der Waals surface area contributed by atoms with E-state index >= 15 is 0 Å². The molecule has 0 atom stereocenters. The van der Waals surface area contributed by atoms with E-state index in [0.717, 1.165) is 4.88 Å². The third-order valence-corrected chi connectivity index (χ3v) is 5.01. The number of aryl methyl sites for hydroxylation is 1. The minimum atomic E-state index is -0.0723. The number of aromatic nitrogens is 1. The first-order valence-corrected chi connectivity index (χ1v) is 9.40. The molecule has 0 saturated heterocycles. The Bertz CT molecular complexity index is 949. The monoisotopic (exact) mass is 382 g/mol. The Morgan fingerprint density at radius 1 is 1.07 bits per heavy atom. The third kappa shape index (κ3) is 4.03. The molecule has 7 heteroatoms. The van der Waals surface area contributed by atoms with Crippen molar-refractivity contribution in [2.75, 3.05) is 0 Å². The second-order valence-corrected chi connectivity index (χ2v) is 7.03. The quantitative estimate of drug-likeness (QED) is 0.464. The van der Waals surface area contributed by atoms with Crippen molar-refractivity contribution >= 4 is 17.2 Å². The summed E-state index contributed by atoms with van der Waals surface area (Å²) >= 11 is 1.55. The number of oxazole rings is 1. The second-order valence-electron chi connectivity index (χ2n) is 6.08. The van der Waals surface area contributed by atoms with Gasteiger partial charge in [-0.05, 0) is 42.6 Å². The van der Waals surface area contributed by atoms with Crippen LogP contribution in [0.25, 0.3) is 10.8 Å². The van der Waals surface area contributed by atoms with Gasteiger partial charge in [0.2, 0.25) is 11.8 Å². The van der Waals surface area contributed by atoms with E-state index in [9.17, 15) is 4.79 Å². The molecule has 0 radical (unpaired) electrons. The van der Waals surface area contributed by atoms with Crippen LogP contribution in [0.4, 0.5) is 0 Å². The normalized spacial score (nSPS) is 11.0. The van der Waals surface area contributed by atoms with Gasteiger partial charge in [0.1, 0.15) is 17.3 Å². The first kappa shape index (κ1) is 17.4. The number of furan rings is 2. The number of thiophene rings is 1. The van der Waals surface area contributed by atoms with E-state index < -0.39 is 0 Å². The van der Waals surface area contributed by atoms with E-state index in [1.54, 1.807) is 40.9 Å². The standard InChI is InChI=1S/C20H18N2O4S/c1-14-17(21-20(26-14)18-7-4-10-27-18)11-19(23)22(12-15-5-2-8-24-15)13-16-6-3-9-25-16/h2-10H,11-13H2,1H3. The van der Waals surface area contributed by atoms with Gasteiger partial charge in [-0.15, -0.1) is 11.3 Å². The van der Waals surface area contributed by atoms with Crippen molar-refractivity contribution in [1.29, 1.82) is 0 Å². The summed E-state index contributed by atoms with van der Waals surface area (Å²) in [5.41, 5.74) is 0.646. The summed E-state index contributed by atoms with van der Waals surface area (Å²) in [6.45, 7) is 2.55. The van der Waals surface area contributed by atoms with Crippen molar-refractivity contribution in [3.05, 3.63) is 77.3 Å². The molecule has 0 aliphatic rings. The highest BCUT2D eigenvalue weighted by molar-refractivity contribution is 7.13. The maximum atomic E-state index is 13.0. The van der Waals surface area contributed by atoms with E-state index in [1.807, 2.05) is 36.6 Å². The van der Waals surface area contributed by atoms with E-state index in [-0.39, 0.29) is 12.3 Å². The van der Waals surface area contributed by atoms with Gasteiger partial charge in [0.05, 0.1) is 42.6 Å². The molecule has 6 nitrogen and oxygen atoms in total. The van der Waals surface area contributed by atoms with Crippen LogP contribution in [0, 0.1) is 6.92 Å². The van der Waals surface area contributed by atoms with E-state index in [0.29, 0.717) is 42.0 Å². The first-order chi connectivity index (χ1) is 13.2. The van der Waals surface area contributed by atoms with Gasteiger partial charge in [0, 0.05) is 0 Å². The number of carbonyl (C=O) groups excluding carboxylic acids is 1. The molecule has 0 spiro atoms. The molecule has 0 aromatic carbocycles. The van der Waals surface area contributed by atoms with E-state index in [1.165, 1.54) is 0 Å². The lowest BCUT2D eigenvalue weighted by atomic mass is 10.2. The Morgan fingerprint density at radius 3 is 2.33 bits per heavy atom. The Balaban J connectivity index is 1.52. The lowest BCUT2D eigenvalue weighted by molar-refractivity contribution is -0.132. The molecule has 0 bridgehead atoms. The average Bonchev–Trinajstić information content (AvgIpc) is 3.44. The van der Waals surface area contributed by atoms with Crippen molar-refractivity contribution < 1.29 is 18.0 Å². The van der Waals surface area contributed by atoms with Gasteiger partial charge in [0.15, 0.2) is 0 Å². The third-order valence-electron chi connectivity index (χ3n) is 4.15. The molecule has 4 aromatic heterocycles. The molecule has 1 amide bonds. The number of carbonyl (C=O) groups is 1. The van der Waals surface area contributed by atoms with Gasteiger partial charge in [-0.25, -0.2) is 4.98 Å². The van der Waals surface area contributed by atoms with Gasteiger partial charge < -0.3 is 18.2 Å². The van der Waals surface area contributed by atoms with Crippen molar-refractivity contribution in [3.8, 4) is 10.8 Å². The Hall–Kier alpha value is -3.06. The molecule has 4 rings (SSSR count). The maximum Gasteiger partial charge on any atom is 0.236 e. The van der Waals surface area contributed by atoms with Crippen LogP contribution >= 0.6 is 11.3 Å². The van der Waals surface area contributed by atoms with Crippen LogP contribution in [0.1, 0.15) is 23.0 Å². The minimum absolute atomic E-state index is 0.0723. The summed E-state index contributed by atoms with van der Waals surface area (Å²) in [4.78, 5) is 20.1. The fraction of sp³-hybridized carbons (Fsp3) is 0.200. The summed E-state index contributed by atoms with van der Waals surface area (Å²) in [6.07, 6.45) is 3.35. The lowest BCUT2D eigenvalue weighted by Crippen LogP contribution is -2.31. The van der Waals surface area contributed by atoms with Crippen molar-refractivity contribution in [2.45, 2.75) is 26.4 Å². The van der Waals surface area contributed by atoms with Gasteiger partial charge in [-0.1, -0.05) is 6.07 Å². The smallest absolute Gasteiger partial charge is 0.236 e. The van der Waals surface area contributed by atoms with Crippen molar-refractivity contribution in [3.63, 3.8) is 0 Å². The predicted octanol–water partition coefficient (Wildman–Crippen LogP) is 4.67. The highest BCUT2D eigenvalue weighted by Crippen LogP contribution is 2.26. The van der Waals surface area contributed by atoms with Crippen molar-refractivity contribution in [2.24, 2.45) is 0 Å². The molecule has 0 fully saturated rings. The summed E-state index contributed by atoms with van der Waals surface area (Å²) in [6, 6.07) is 11.2. The van der Waals surface area contributed by atoms with Gasteiger partial charge in [0.25, 0.3) is 0 Å². The van der Waals surface area contributed by atoms with Crippen LogP contribution in [0.5, 0.6) is 0 Å². The molecule has 4 heterocycles. The highest BCUT2D eigenvalue weighted by atomic mass is 32.1. The zero-order valence-corrected chi connectivity index (χ0v) is 15.6. The molecule has 138 valence electrons. The fourth-order valence-electron chi connectivity index (χ4n) is 2.77. The maximum absolute atomic E-state index is 13.0. The topological polar surface area (TPSA) is 72.6 Å². The fourth-order valence-corrected chi connectivity index (χ4v) is 3.42. The lowest BCUT2D eigenvalue weighted by Gasteiger charge is -2.20. The van der Waals surface area contributed by atoms with Crippen LogP contribution in [-0.4, -0.2) is 15.8 Å². The van der Waals surface area contributed by atoms with E-state index in [4.69, 9.17) is 13.3 Å². The van der Waals surface area contributed by atoms with Crippen LogP contribution in [0.3, 0.4) is 0 Å². The molecule has 0 N–H and O–H groups in total. The Morgan fingerprint density at radius 2 is 1.78 bits per heavy atom. The summed E-state index contributed by atoms with van der Waals surface area (Å²) in [7, 11) is 0. The number of hydrogen-bond acceptors (Lipinski definition) is 6. The number of nitrogens with zero attached hydrogens (tertiary/aromatic N) is 2. The summed E-state index contributed by atoms with van der Waals surface area (Å²) in [5, 5.41) is 1.97. The molecule has 4 aromatic rings. The Labute approximate surface area is 160 Å². The molecular formula is C20H18N2O4S. The predicted molar refractivity (Wildman–Crippen MR) is 99.9 cm³/mol. The zero-order valence-electron chi connectivity index (χ0n) is 14.8. The average molecular weight is 382 g/mol. The molecule has 0 saturated carbocycles. The minimum Gasteiger partial charge on any atom is -0.467 e. The summed E-state index contributed by atoms with van der Waals surface area (Å²) in [5.74, 6) is 2.56. The highest BCUT2D eigenvalue weighted by Gasteiger charge is 2.21. The number of hydrogen-bond donors (Lipinski definition) is 0. The van der Waals surface area contributed by atoms with Gasteiger partial charge >= 0.3 is 0 Å². The van der Waals surface area contributed by atoms with Crippen LogP contribution in [-0.2, 0) is 24.3 Å².